The summed E-state index contributed by atoms with van der Waals surface area (Å²) in [5.41, 5.74) is 10.1. The van der Waals surface area contributed by atoms with Crippen molar-refractivity contribution >= 4 is 17.2 Å². The molecular formula is C18H25N7S. The Balaban J connectivity index is 1.36. The summed E-state index contributed by atoms with van der Waals surface area (Å²) in [6, 6.07) is 7.53. The van der Waals surface area contributed by atoms with Crippen LogP contribution in [0.3, 0.4) is 0 Å². The minimum atomic E-state index is 0.250. The first kappa shape index (κ1) is 16.6. The van der Waals surface area contributed by atoms with Crippen molar-refractivity contribution in [3.8, 4) is 0 Å². The number of piperidine rings is 1. The Labute approximate surface area is 157 Å². The van der Waals surface area contributed by atoms with Crippen LogP contribution in [0, 0.1) is 5.92 Å². The van der Waals surface area contributed by atoms with Crippen molar-refractivity contribution < 1.29 is 0 Å². The van der Waals surface area contributed by atoms with Crippen molar-refractivity contribution in [1.82, 2.24) is 31.5 Å². The van der Waals surface area contributed by atoms with Crippen LogP contribution in [0.15, 0.2) is 29.9 Å². The van der Waals surface area contributed by atoms with Gasteiger partial charge in [0.1, 0.15) is 5.82 Å². The van der Waals surface area contributed by atoms with Gasteiger partial charge in [-0.3, -0.25) is 10.4 Å². The highest BCUT2D eigenvalue weighted by Gasteiger charge is 2.42. The molecule has 3 aliphatic heterocycles. The second kappa shape index (κ2) is 7.21. The van der Waals surface area contributed by atoms with E-state index in [2.05, 4.69) is 49.6 Å². The zero-order valence-electron chi connectivity index (χ0n) is 14.7. The fraction of sp³-hybridized carbons (Fsp3) is 0.556. The first-order valence-corrected chi connectivity index (χ1v) is 10.3. The van der Waals surface area contributed by atoms with Crippen LogP contribution in [-0.2, 0) is 0 Å². The van der Waals surface area contributed by atoms with Crippen molar-refractivity contribution in [2.24, 2.45) is 5.92 Å². The minimum Gasteiger partial charge on any atom is -0.354 e. The second-order valence-corrected chi connectivity index (χ2v) is 8.21. The third-order valence-electron chi connectivity index (χ3n) is 5.77. The molecule has 2 aromatic rings. The normalized spacial score (nSPS) is 31.8. The van der Waals surface area contributed by atoms with E-state index in [0.29, 0.717) is 18.0 Å². The summed E-state index contributed by atoms with van der Waals surface area (Å²) >= 11 is 1.74. The fourth-order valence-electron chi connectivity index (χ4n) is 4.36. The lowest BCUT2D eigenvalue weighted by molar-refractivity contribution is 0.267. The van der Waals surface area contributed by atoms with Crippen LogP contribution < -0.4 is 26.4 Å². The van der Waals surface area contributed by atoms with E-state index >= 15 is 0 Å². The maximum absolute atomic E-state index is 5.02. The van der Waals surface area contributed by atoms with Crippen LogP contribution in [0.5, 0.6) is 0 Å². The smallest absolute Gasteiger partial charge is 0.128 e. The molecule has 0 bridgehead atoms. The Hall–Kier alpha value is -1.58. The van der Waals surface area contributed by atoms with Gasteiger partial charge in [-0.2, -0.15) is 0 Å². The molecule has 0 saturated carbocycles. The molecule has 4 unspecified atom stereocenters. The quantitative estimate of drug-likeness (QED) is 0.636. The van der Waals surface area contributed by atoms with Crippen LogP contribution in [0.2, 0.25) is 0 Å². The zero-order chi connectivity index (χ0) is 17.3. The number of hydrogen-bond acceptors (Lipinski definition) is 8. The number of piperazine rings is 1. The fourth-order valence-corrected chi connectivity index (χ4v) is 5.07. The molecule has 0 radical (unpaired) electrons. The highest BCUT2D eigenvalue weighted by molar-refractivity contribution is 7.09. The van der Waals surface area contributed by atoms with Crippen molar-refractivity contribution in [1.29, 1.82) is 0 Å². The third-order valence-corrected chi connectivity index (χ3v) is 6.66. The molecule has 0 spiro atoms. The van der Waals surface area contributed by atoms with Gasteiger partial charge in [-0.1, -0.05) is 6.07 Å². The number of hydrazine groups is 1. The summed E-state index contributed by atoms with van der Waals surface area (Å²) < 4.78 is 0. The molecule has 3 aliphatic rings. The maximum Gasteiger partial charge on any atom is 0.128 e. The monoisotopic (exact) mass is 371 g/mol. The lowest BCUT2D eigenvalue weighted by Crippen LogP contribution is -2.46. The molecule has 4 atom stereocenters. The molecule has 5 heterocycles. The molecule has 0 amide bonds. The van der Waals surface area contributed by atoms with E-state index in [1.165, 1.54) is 4.88 Å². The SMILES string of the molecule is c1cc(C2NNC3CNC(c4cncs4)CC32)nc(N2CCNCC2)c1. The van der Waals surface area contributed by atoms with Gasteiger partial charge in [-0.15, -0.1) is 11.3 Å². The molecule has 7 nitrogen and oxygen atoms in total. The molecule has 5 rings (SSSR count). The van der Waals surface area contributed by atoms with Crippen LogP contribution in [0.1, 0.15) is 29.1 Å². The number of anilines is 1. The molecule has 3 saturated heterocycles. The largest absolute Gasteiger partial charge is 0.354 e. The van der Waals surface area contributed by atoms with Crippen molar-refractivity contribution in [2.75, 3.05) is 37.6 Å². The lowest BCUT2D eigenvalue weighted by atomic mass is 9.83. The van der Waals surface area contributed by atoms with Gasteiger partial charge in [0.05, 0.1) is 17.2 Å². The minimum absolute atomic E-state index is 0.250. The van der Waals surface area contributed by atoms with Crippen molar-refractivity contribution in [3.63, 3.8) is 0 Å². The Morgan fingerprint density at radius 1 is 1.15 bits per heavy atom. The first-order valence-electron chi connectivity index (χ1n) is 9.44. The van der Waals surface area contributed by atoms with Gasteiger partial charge in [-0.25, -0.2) is 10.4 Å². The Bertz CT molecular complexity index is 731. The zero-order valence-corrected chi connectivity index (χ0v) is 15.5. The Morgan fingerprint density at radius 2 is 2.08 bits per heavy atom. The van der Waals surface area contributed by atoms with Gasteiger partial charge < -0.3 is 15.5 Å². The standard InChI is InChI=1S/C18H25N7S/c1-2-13(22-17(3-1)25-6-4-19-5-7-25)18-12-8-14(16-10-20-11-26-16)21-9-15(12)23-24-18/h1-3,10-12,14-15,18-19,21,23-24H,4-9H2. The Morgan fingerprint density at radius 3 is 2.92 bits per heavy atom. The average Bonchev–Trinajstić information content (AvgIpc) is 3.38. The third kappa shape index (κ3) is 3.12. The molecule has 138 valence electrons. The molecule has 3 fully saturated rings. The summed E-state index contributed by atoms with van der Waals surface area (Å²) in [6.45, 7) is 5.07. The molecule has 0 aliphatic carbocycles. The van der Waals surface area contributed by atoms with Crippen LogP contribution in [-0.4, -0.2) is 48.7 Å². The van der Waals surface area contributed by atoms with E-state index in [-0.39, 0.29) is 6.04 Å². The highest BCUT2D eigenvalue weighted by atomic mass is 32.1. The van der Waals surface area contributed by atoms with E-state index in [9.17, 15) is 0 Å². The summed E-state index contributed by atoms with van der Waals surface area (Å²) in [6.07, 6.45) is 3.09. The van der Waals surface area contributed by atoms with Gasteiger partial charge in [0, 0.05) is 61.8 Å². The first-order chi connectivity index (χ1) is 12.9. The predicted molar refractivity (Wildman–Crippen MR) is 103 cm³/mol. The maximum atomic E-state index is 5.02. The number of nitrogens with zero attached hydrogens (tertiary/aromatic N) is 3. The number of rotatable bonds is 3. The number of pyridine rings is 1. The van der Waals surface area contributed by atoms with E-state index in [0.717, 1.165) is 50.7 Å². The molecule has 4 N–H and O–H groups in total. The van der Waals surface area contributed by atoms with Crippen molar-refractivity contribution in [3.05, 3.63) is 40.5 Å². The second-order valence-electron chi connectivity index (χ2n) is 7.29. The van der Waals surface area contributed by atoms with E-state index in [1.54, 1.807) is 11.3 Å². The molecule has 0 aromatic carbocycles. The number of nitrogens with one attached hydrogen (secondary N) is 4. The van der Waals surface area contributed by atoms with Crippen LogP contribution in [0.4, 0.5) is 5.82 Å². The molecule has 26 heavy (non-hydrogen) atoms. The number of hydrogen-bond donors (Lipinski definition) is 4. The Kier molecular flexibility index (Phi) is 4.60. The van der Waals surface area contributed by atoms with Crippen molar-refractivity contribution in [2.45, 2.75) is 24.5 Å². The number of thiazole rings is 1. The molecule has 8 heteroatoms. The topological polar surface area (TPSA) is 77.1 Å². The van der Waals surface area contributed by atoms with E-state index in [4.69, 9.17) is 4.98 Å². The number of fused-ring (bicyclic) bond motifs is 1. The highest BCUT2D eigenvalue weighted by Crippen LogP contribution is 2.38. The lowest BCUT2D eigenvalue weighted by Gasteiger charge is -2.34. The summed E-state index contributed by atoms with van der Waals surface area (Å²) in [5, 5.41) is 7.07. The van der Waals surface area contributed by atoms with Gasteiger partial charge in [0.15, 0.2) is 0 Å². The predicted octanol–water partition coefficient (Wildman–Crippen LogP) is 0.816. The average molecular weight is 372 g/mol. The van der Waals surface area contributed by atoms with Gasteiger partial charge >= 0.3 is 0 Å². The van der Waals surface area contributed by atoms with Gasteiger partial charge in [-0.05, 0) is 18.6 Å². The van der Waals surface area contributed by atoms with Crippen LogP contribution >= 0.6 is 11.3 Å². The number of aromatic nitrogens is 2. The van der Waals surface area contributed by atoms with E-state index in [1.807, 2.05) is 11.7 Å². The van der Waals surface area contributed by atoms with E-state index < -0.39 is 0 Å². The van der Waals surface area contributed by atoms with Crippen LogP contribution in [0.25, 0.3) is 0 Å². The van der Waals surface area contributed by atoms with Gasteiger partial charge in [0.25, 0.3) is 0 Å². The summed E-state index contributed by atoms with van der Waals surface area (Å²) in [5.74, 6) is 1.62. The molecule has 2 aromatic heterocycles. The summed E-state index contributed by atoms with van der Waals surface area (Å²) in [4.78, 5) is 13.0. The summed E-state index contributed by atoms with van der Waals surface area (Å²) in [7, 11) is 0. The molecular weight excluding hydrogens is 346 g/mol. The van der Waals surface area contributed by atoms with Gasteiger partial charge in [0.2, 0.25) is 0 Å².